The molecule has 0 spiro atoms. The Morgan fingerprint density at radius 2 is 1.76 bits per heavy atom. The fourth-order valence-electron chi connectivity index (χ4n) is 3.18. The van der Waals surface area contributed by atoms with Gasteiger partial charge in [0, 0.05) is 12.0 Å². The Balaban J connectivity index is 2.01. The van der Waals surface area contributed by atoms with Crippen molar-refractivity contribution in [3.05, 3.63) is 47.0 Å². The van der Waals surface area contributed by atoms with Crippen LogP contribution in [0.15, 0.2) is 30.3 Å². The minimum atomic E-state index is 0.171. The van der Waals surface area contributed by atoms with Crippen LogP contribution in [0.5, 0.6) is 0 Å². The number of Topliss-reactive ketones (excluding diaryl/α,β-unsaturated/α-hetero) is 1. The van der Waals surface area contributed by atoms with Crippen molar-refractivity contribution in [1.29, 1.82) is 0 Å². The molecular formula is C20H24O. The van der Waals surface area contributed by atoms with E-state index in [1.165, 1.54) is 16.5 Å². The number of aryl methyl sites for hydroxylation is 2. The third kappa shape index (κ3) is 2.50. The van der Waals surface area contributed by atoms with E-state index in [2.05, 4.69) is 52.0 Å². The van der Waals surface area contributed by atoms with E-state index < -0.39 is 0 Å². The zero-order valence-corrected chi connectivity index (χ0v) is 13.5. The first-order valence-electron chi connectivity index (χ1n) is 7.94. The molecule has 1 aliphatic carbocycles. The number of carbonyl (C=O) groups is 1. The second kappa shape index (κ2) is 4.98. The van der Waals surface area contributed by atoms with Crippen LogP contribution in [0.1, 0.15) is 55.6 Å². The first-order chi connectivity index (χ1) is 9.88. The summed E-state index contributed by atoms with van der Waals surface area (Å²) in [6.07, 6.45) is 2.85. The van der Waals surface area contributed by atoms with Gasteiger partial charge in [-0.2, -0.15) is 0 Å². The van der Waals surface area contributed by atoms with E-state index in [0.29, 0.717) is 12.3 Å². The summed E-state index contributed by atoms with van der Waals surface area (Å²) in [6.45, 7) is 8.80. The Morgan fingerprint density at radius 3 is 2.43 bits per heavy atom. The molecule has 2 aromatic rings. The third-order valence-corrected chi connectivity index (χ3v) is 5.15. The van der Waals surface area contributed by atoms with Gasteiger partial charge in [-0.05, 0) is 46.1 Å². The molecule has 1 nitrogen and oxygen atoms in total. The highest BCUT2D eigenvalue weighted by molar-refractivity contribution is 6.10. The summed E-state index contributed by atoms with van der Waals surface area (Å²) in [5, 5.41) is 2.50. The largest absolute Gasteiger partial charge is 0.294 e. The zero-order valence-electron chi connectivity index (χ0n) is 13.5. The van der Waals surface area contributed by atoms with Crippen molar-refractivity contribution in [1.82, 2.24) is 0 Å². The first kappa shape index (κ1) is 14.3. The fraction of sp³-hybridized carbons (Fsp3) is 0.450. The molecule has 1 unspecified atom stereocenters. The van der Waals surface area contributed by atoms with Crippen LogP contribution < -0.4 is 0 Å². The van der Waals surface area contributed by atoms with Gasteiger partial charge in [-0.3, -0.25) is 4.79 Å². The molecule has 21 heavy (non-hydrogen) atoms. The second-order valence-electron chi connectivity index (χ2n) is 7.51. The van der Waals surface area contributed by atoms with Gasteiger partial charge in [0.2, 0.25) is 0 Å². The summed E-state index contributed by atoms with van der Waals surface area (Å²) in [7, 11) is 0. The van der Waals surface area contributed by atoms with E-state index >= 15 is 0 Å². The predicted octanol–water partition coefficient (Wildman–Crippen LogP) is 5.19. The third-order valence-electron chi connectivity index (χ3n) is 5.15. The van der Waals surface area contributed by atoms with Gasteiger partial charge in [-0.15, -0.1) is 0 Å². The van der Waals surface area contributed by atoms with Crippen molar-refractivity contribution < 1.29 is 4.79 Å². The van der Waals surface area contributed by atoms with Crippen LogP contribution in [-0.4, -0.2) is 5.78 Å². The van der Waals surface area contributed by atoms with Crippen LogP contribution in [0.2, 0.25) is 0 Å². The lowest BCUT2D eigenvalue weighted by atomic mass is 9.78. The van der Waals surface area contributed by atoms with Crippen LogP contribution >= 0.6 is 0 Å². The summed E-state index contributed by atoms with van der Waals surface area (Å²) in [5.41, 5.74) is 3.89. The second-order valence-corrected chi connectivity index (χ2v) is 7.51. The van der Waals surface area contributed by atoms with Gasteiger partial charge in [0.05, 0.1) is 0 Å². The van der Waals surface area contributed by atoms with E-state index in [1.807, 2.05) is 6.07 Å². The van der Waals surface area contributed by atoms with Crippen LogP contribution in [0.4, 0.5) is 0 Å². The summed E-state index contributed by atoms with van der Waals surface area (Å²) in [6, 6.07) is 10.6. The zero-order chi connectivity index (χ0) is 15.2. The molecule has 0 bridgehead atoms. The molecule has 1 heteroatoms. The van der Waals surface area contributed by atoms with E-state index in [4.69, 9.17) is 0 Å². The van der Waals surface area contributed by atoms with Crippen LogP contribution in [0.3, 0.4) is 0 Å². The minimum absolute atomic E-state index is 0.171. The van der Waals surface area contributed by atoms with Gasteiger partial charge in [-0.1, -0.05) is 58.0 Å². The highest BCUT2D eigenvalue weighted by Crippen LogP contribution is 2.35. The molecule has 0 N–H and O–H groups in total. The maximum Gasteiger partial charge on any atom is 0.163 e. The highest BCUT2D eigenvalue weighted by Gasteiger charge is 2.25. The normalized spacial score (nSPS) is 15.4. The van der Waals surface area contributed by atoms with Crippen molar-refractivity contribution in [2.45, 2.75) is 47.0 Å². The van der Waals surface area contributed by atoms with Crippen LogP contribution in [-0.2, 0) is 12.8 Å². The average molecular weight is 280 g/mol. The molecule has 0 aromatic heterocycles. The van der Waals surface area contributed by atoms with Crippen LogP contribution in [0.25, 0.3) is 10.8 Å². The van der Waals surface area contributed by atoms with Gasteiger partial charge in [0.1, 0.15) is 0 Å². The molecule has 0 saturated carbocycles. The van der Waals surface area contributed by atoms with E-state index in [-0.39, 0.29) is 11.2 Å². The number of hydrogen-bond donors (Lipinski definition) is 0. The molecule has 1 aliphatic rings. The fourth-order valence-corrected chi connectivity index (χ4v) is 3.18. The Labute approximate surface area is 127 Å². The van der Waals surface area contributed by atoms with Gasteiger partial charge < -0.3 is 0 Å². The van der Waals surface area contributed by atoms with Crippen molar-refractivity contribution in [2.75, 3.05) is 0 Å². The quantitative estimate of drug-likeness (QED) is 0.707. The molecule has 0 aliphatic heterocycles. The summed E-state index contributed by atoms with van der Waals surface area (Å²) >= 11 is 0. The van der Waals surface area contributed by atoms with Crippen LogP contribution in [0, 0.1) is 11.3 Å². The van der Waals surface area contributed by atoms with Gasteiger partial charge in [-0.25, -0.2) is 0 Å². The maximum absolute atomic E-state index is 12.8. The van der Waals surface area contributed by atoms with Crippen molar-refractivity contribution in [2.24, 2.45) is 11.3 Å². The number of rotatable bonds is 3. The lowest BCUT2D eigenvalue weighted by Crippen LogP contribution is -2.20. The van der Waals surface area contributed by atoms with Crippen molar-refractivity contribution in [3.63, 3.8) is 0 Å². The lowest BCUT2D eigenvalue weighted by molar-refractivity contribution is 0.0929. The SMILES string of the molecule is CC(CC(=O)c1ccc2c3c(cccc13)CC2)C(C)(C)C. The lowest BCUT2D eigenvalue weighted by Gasteiger charge is -2.26. The molecule has 0 heterocycles. The highest BCUT2D eigenvalue weighted by atomic mass is 16.1. The minimum Gasteiger partial charge on any atom is -0.294 e. The van der Waals surface area contributed by atoms with Gasteiger partial charge in [0.15, 0.2) is 5.78 Å². The summed E-state index contributed by atoms with van der Waals surface area (Å²) in [5.74, 6) is 0.668. The molecule has 1 atom stereocenters. The monoisotopic (exact) mass is 280 g/mol. The van der Waals surface area contributed by atoms with E-state index in [0.717, 1.165) is 23.8 Å². The number of hydrogen-bond acceptors (Lipinski definition) is 1. The molecule has 0 amide bonds. The van der Waals surface area contributed by atoms with Gasteiger partial charge in [0.25, 0.3) is 0 Å². The van der Waals surface area contributed by atoms with Gasteiger partial charge >= 0.3 is 0 Å². The van der Waals surface area contributed by atoms with Crippen molar-refractivity contribution in [3.8, 4) is 0 Å². The molecule has 3 rings (SSSR count). The molecular weight excluding hydrogens is 256 g/mol. The molecule has 0 radical (unpaired) electrons. The Morgan fingerprint density at radius 1 is 1.10 bits per heavy atom. The smallest absolute Gasteiger partial charge is 0.163 e. The Bertz CT molecular complexity index is 693. The standard InChI is InChI=1S/C20H24O/c1-13(20(2,3)4)12-18(21)16-11-10-15-9-8-14-6-5-7-17(16)19(14)15/h5-7,10-11,13H,8-9,12H2,1-4H3. The first-order valence-corrected chi connectivity index (χ1v) is 7.94. The van der Waals surface area contributed by atoms with Crippen molar-refractivity contribution >= 4 is 16.6 Å². The predicted molar refractivity (Wildman–Crippen MR) is 88.9 cm³/mol. The summed E-state index contributed by atoms with van der Waals surface area (Å²) in [4.78, 5) is 12.8. The Hall–Kier alpha value is -1.63. The molecule has 110 valence electrons. The van der Waals surface area contributed by atoms with E-state index in [1.54, 1.807) is 0 Å². The Kier molecular flexibility index (Phi) is 3.39. The summed E-state index contributed by atoms with van der Waals surface area (Å²) < 4.78 is 0. The topological polar surface area (TPSA) is 17.1 Å². The molecule has 0 fully saturated rings. The molecule has 0 saturated heterocycles. The maximum atomic E-state index is 12.8. The van der Waals surface area contributed by atoms with E-state index in [9.17, 15) is 4.79 Å². The number of benzene rings is 2. The number of ketones is 1. The number of carbonyl (C=O) groups excluding carboxylic acids is 1. The molecule has 2 aromatic carbocycles. The average Bonchev–Trinajstić information content (AvgIpc) is 2.83.